The van der Waals surface area contributed by atoms with E-state index in [4.69, 9.17) is 9.15 Å². The molecule has 2 amide bonds. The number of anilines is 1. The molecule has 166 valence electrons. The molecule has 0 fully saturated rings. The van der Waals surface area contributed by atoms with E-state index in [0.29, 0.717) is 22.6 Å². The van der Waals surface area contributed by atoms with Gasteiger partial charge in [-0.25, -0.2) is 4.79 Å². The maximum atomic E-state index is 12.7. The van der Waals surface area contributed by atoms with Gasteiger partial charge in [0.2, 0.25) is 0 Å². The van der Waals surface area contributed by atoms with Gasteiger partial charge in [-0.1, -0.05) is 12.1 Å². The van der Waals surface area contributed by atoms with E-state index in [-0.39, 0.29) is 12.5 Å². The fourth-order valence-corrected chi connectivity index (χ4v) is 4.85. The summed E-state index contributed by atoms with van der Waals surface area (Å²) in [4.78, 5) is 40.5. The molecule has 0 saturated carbocycles. The first-order chi connectivity index (χ1) is 15.5. The van der Waals surface area contributed by atoms with Crippen molar-refractivity contribution >= 4 is 34.8 Å². The SMILES string of the molecule is CN(C(=O)COC(=O)c1csc2c1CCCC2)c1ccccc1C(=O)NCc1ccco1. The Balaban J connectivity index is 1.39. The smallest absolute Gasteiger partial charge is 0.339 e. The van der Waals surface area contributed by atoms with Crippen molar-refractivity contribution < 1.29 is 23.5 Å². The highest BCUT2D eigenvalue weighted by atomic mass is 32.1. The van der Waals surface area contributed by atoms with Crippen LogP contribution in [0.15, 0.2) is 52.5 Å². The van der Waals surface area contributed by atoms with E-state index in [1.54, 1.807) is 54.8 Å². The minimum Gasteiger partial charge on any atom is -0.467 e. The molecule has 1 aliphatic rings. The van der Waals surface area contributed by atoms with Gasteiger partial charge in [0.15, 0.2) is 6.61 Å². The number of hydrogen-bond donors (Lipinski definition) is 1. The van der Waals surface area contributed by atoms with Crippen LogP contribution in [0.3, 0.4) is 0 Å². The number of benzene rings is 1. The van der Waals surface area contributed by atoms with Gasteiger partial charge in [-0.3, -0.25) is 9.59 Å². The number of para-hydroxylation sites is 1. The number of hydrogen-bond acceptors (Lipinski definition) is 6. The molecule has 0 atom stereocenters. The van der Waals surface area contributed by atoms with E-state index in [1.165, 1.54) is 16.0 Å². The van der Waals surface area contributed by atoms with E-state index >= 15 is 0 Å². The molecule has 7 nitrogen and oxygen atoms in total. The molecule has 0 aliphatic heterocycles. The molecule has 0 unspecified atom stereocenters. The van der Waals surface area contributed by atoms with E-state index < -0.39 is 18.5 Å². The van der Waals surface area contributed by atoms with E-state index in [1.807, 2.05) is 5.38 Å². The zero-order valence-electron chi connectivity index (χ0n) is 17.8. The number of carbonyl (C=O) groups is 3. The van der Waals surface area contributed by atoms with Crippen LogP contribution in [0.25, 0.3) is 0 Å². The number of fused-ring (bicyclic) bond motifs is 1. The Hall–Kier alpha value is -3.39. The molecule has 0 radical (unpaired) electrons. The summed E-state index contributed by atoms with van der Waals surface area (Å²) >= 11 is 1.58. The second-order valence-electron chi connectivity index (χ2n) is 7.57. The number of esters is 1. The van der Waals surface area contributed by atoms with Crippen molar-refractivity contribution in [3.8, 4) is 0 Å². The molecule has 0 spiro atoms. The lowest BCUT2D eigenvalue weighted by Crippen LogP contribution is -2.33. The fourth-order valence-electron chi connectivity index (χ4n) is 3.74. The van der Waals surface area contributed by atoms with Crippen LogP contribution in [0.1, 0.15) is 49.8 Å². The third-order valence-corrected chi connectivity index (χ3v) is 6.58. The van der Waals surface area contributed by atoms with Crippen LogP contribution in [-0.2, 0) is 28.9 Å². The second kappa shape index (κ2) is 9.82. The summed E-state index contributed by atoms with van der Waals surface area (Å²) in [7, 11) is 1.56. The van der Waals surface area contributed by atoms with Gasteiger partial charge in [-0.2, -0.15) is 0 Å². The van der Waals surface area contributed by atoms with E-state index in [9.17, 15) is 14.4 Å². The summed E-state index contributed by atoms with van der Waals surface area (Å²) in [5, 5.41) is 4.60. The molecular formula is C24H24N2O5S. The van der Waals surface area contributed by atoms with Crippen LogP contribution in [-0.4, -0.2) is 31.4 Å². The van der Waals surface area contributed by atoms with Crippen molar-refractivity contribution in [1.82, 2.24) is 5.32 Å². The third kappa shape index (κ3) is 4.75. The van der Waals surface area contributed by atoms with Crippen LogP contribution in [0.5, 0.6) is 0 Å². The first-order valence-corrected chi connectivity index (χ1v) is 11.3. The Labute approximate surface area is 190 Å². The normalized spacial score (nSPS) is 12.7. The average Bonchev–Trinajstić information content (AvgIpc) is 3.50. The van der Waals surface area contributed by atoms with Gasteiger partial charge >= 0.3 is 5.97 Å². The largest absolute Gasteiger partial charge is 0.467 e. The Morgan fingerprint density at radius 2 is 1.91 bits per heavy atom. The van der Waals surface area contributed by atoms with Gasteiger partial charge < -0.3 is 19.4 Å². The van der Waals surface area contributed by atoms with Crippen molar-refractivity contribution in [2.24, 2.45) is 0 Å². The number of carbonyl (C=O) groups excluding carboxylic acids is 3. The maximum absolute atomic E-state index is 12.7. The van der Waals surface area contributed by atoms with Crippen LogP contribution in [0, 0.1) is 0 Å². The molecule has 3 aromatic rings. The van der Waals surface area contributed by atoms with Crippen molar-refractivity contribution in [2.75, 3.05) is 18.6 Å². The van der Waals surface area contributed by atoms with Crippen molar-refractivity contribution in [3.05, 3.63) is 75.4 Å². The number of likely N-dealkylation sites (N-methyl/N-ethyl adjacent to an activating group) is 1. The molecule has 8 heteroatoms. The van der Waals surface area contributed by atoms with E-state index in [2.05, 4.69) is 5.32 Å². The maximum Gasteiger partial charge on any atom is 0.339 e. The first kappa shape index (κ1) is 21.8. The van der Waals surface area contributed by atoms with Crippen LogP contribution >= 0.6 is 11.3 Å². The molecule has 1 aliphatic carbocycles. The molecule has 32 heavy (non-hydrogen) atoms. The average molecular weight is 453 g/mol. The summed E-state index contributed by atoms with van der Waals surface area (Å²) in [5.74, 6) is -0.606. The quantitative estimate of drug-likeness (QED) is 0.548. The summed E-state index contributed by atoms with van der Waals surface area (Å²) in [6.07, 6.45) is 5.60. The van der Waals surface area contributed by atoms with Gasteiger partial charge in [-0.05, 0) is 55.5 Å². The number of aryl methyl sites for hydroxylation is 1. The summed E-state index contributed by atoms with van der Waals surface area (Å²) in [5.41, 5.74) is 2.40. The molecule has 1 N–H and O–H groups in total. The van der Waals surface area contributed by atoms with Gasteiger partial charge in [0, 0.05) is 17.3 Å². The lowest BCUT2D eigenvalue weighted by Gasteiger charge is -2.20. The summed E-state index contributed by atoms with van der Waals surface area (Å²) in [6.45, 7) is -0.164. The fraction of sp³-hybridized carbons (Fsp3) is 0.292. The Morgan fingerprint density at radius 1 is 1.09 bits per heavy atom. The molecule has 2 heterocycles. The summed E-state index contributed by atoms with van der Waals surface area (Å²) in [6, 6.07) is 10.3. The highest BCUT2D eigenvalue weighted by molar-refractivity contribution is 7.10. The third-order valence-electron chi connectivity index (χ3n) is 5.50. The predicted octanol–water partition coefficient (Wildman–Crippen LogP) is 3.97. The molecular weight excluding hydrogens is 428 g/mol. The van der Waals surface area contributed by atoms with Gasteiger partial charge in [0.25, 0.3) is 11.8 Å². The molecule has 4 rings (SSSR count). The Morgan fingerprint density at radius 3 is 2.72 bits per heavy atom. The molecule has 0 bridgehead atoms. The monoisotopic (exact) mass is 452 g/mol. The zero-order valence-corrected chi connectivity index (χ0v) is 18.6. The first-order valence-electron chi connectivity index (χ1n) is 10.5. The van der Waals surface area contributed by atoms with Crippen molar-refractivity contribution in [3.63, 3.8) is 0 Å². The highest BCUT2D eigenvalue weighted by Gasteiger charge is 2.23. The number of nitrogens with zero attached hydrogens (tertiary/aromatic N) is 1. The molecule has 1 aromatic carbocycles. The Kier molecular flexibility index (Phi) is 6.70. The minimum atomic E-state index is -0.476. The van der Waals surface area contributed by atoms with Gasteiger partial charge in [0.1, 0.15) is 5.76 Å². The number of nitrogens with one attached hydrogen (secondary N) is 1. The number of amides is 2. The van der Waals surface area contributed by atoms with Crippen LogP contribution in [0.2, 0.25) is 0 Å². The van der Waals surface area contributed by atoms with Crippen molar-refractivity contribution in [2.45, 2.75) is 32.2 Å². The van der Waals surface area contributed by atoms with Gasteiger partial charge in [0.05, 0.1) is 29.6 Å². The zero-order chi connectivity index (χ0) is 22.5. The Bertz CT molecular complexity index is 1120. The van der Waals surface area contributed by atoms with Crippen LogP contribution < -0.4 is 10.2 Å². The summed E-state index contributed by atoms with van der Waals surface area (Å²) < 4.78 is 10.5. The van der Waals surface area contributed by atoms with E-state index in [0.717, 1.165) is 31.2 Å². The number of rotatable bonds is 7. The lowest BCUT2D eigenvalue weighted by atomic mass is 9.96. The number of thiophene rings is 1. The number of ether oxygens (including phenoxy) is 1. The molecule has 2 aromatic heterocycles. The second-order valence-corrected chi connectivity index (χ2v) is 8.53. The van der Waals surface area contributed by atoms with Gasteiger partial charge in [-0.15, -0.1) is 11.3 Å². The minimum absolute atomic E-state index is 0.237. The van der Waals surface area contributed by atoms with Crippen molar-refractivity contribution in [1.29, 1.82) is 0 Å². The topological polar surface area (TPSA) is 88.8 Å². The number of furan rings is 1. The standard InChI is InChI=1S/C24H24N2O5S/c1-26(20-10-4-2-9-18(20)23(28)25-13-16-7-6-12-30-16)22(27)14-31-24(29)19-15-32-21-11-5-3-8-17(19)21/h2,4,6-7,9-10,12,15H,3,5,8,11,13-14H2,1H3,(H,25,28). The lowest BCUT2D eigenvalue weighted by molar-refractivity contribution is -0.121. The highest BCUT2D eigenvalue weighted by Crippen LogP contribution is 2.30. The van der Waals surface area contributed by atoms with Crippen LogP contribution in [0.4, 0.5) is 5.69 Å². The predicted molar refractivity (Wildman–Crippen MR) is 121 cm³/mol. The molecule has 0 saturated heterocycles.